The first kappa shape index (κ1) is 17.0. The second kappa shape index (κ2) is 6.22. The summed E-state index contributed by atoms with van der Waals surface area (Å²) in [6.07, 6.45) is 6.82. The van der Waals surface area contributed by atoms with Gasteiger partial charge >= 0.3 is 0 Å². The van der Waals surface area contributed by atoms with E-state index in [0.717, 1.165) is 48.2 Å². The summed E-state index contributed by atoms with van der Waals surface area (Å²) in [5.74, 6) is 0.699. The first-order chi connectivity index (χ1) is 13.5. The van der Waals surface area contributed by atoms with E-state index < -0.39 is 5.79 Å². The quantitative estimate of drug-likeness (QED) is 0.730. The van der Waals surface area contributed by atoms with Gasteiger partial charge in [0.25, 0.3) is 11.7 Å². The Labute approximate surface area is 162 Å². The minimum absolute atomic E-state index is 0.219. The molecular formula is C21H22N4O3. The Bertz CT molecular complexity index is 1080. The van der Waals surface area contributed by atoms with Crippen molar-refractivity contribution < 1.29 is 14.3 Å². The Morgan fingerprint density at radius 2 is 1.93 bits per heavy atom. The summed E-state index contributed by atoms with van der Waals surface area (Å²) >= 11 is 0. The Morgan fingerprint density at radius 3 is 2.75 bits per heavy atom. The molecule has 5 rings (SSSR count). The van der Waals surface area contributed by atoms with E-state index in [2.05, 4.69) is 15.4 Å². The first-order valence-corrected chi connectivity index (χ1v) is 9.66. The molecule has 1 aliphatic carbocycles. The molecule has 28 heavy (non-hydrogen) atoms. The van der Waals surface area contributed by atoms with Gasteiger partial charge in [0.05, 0.1) is 11.3 Å². The third kappa shape index (κ3) is 2.78. The molecule has 1 N–H and O–H groups in total. The van der Waals surface area contributed by atoms with Gasteiger partial charge in [0, 0.05) is 43.2 Å². The Kier molecular flexibility index (Phi) is 3.79. The smallest absolute Gasteiger partial charge is 0.257 e. The van der Waals surface area contributed by atoms with Crippen LogP contribution in [0.3, 0.4) is 0 Å². The van der Waals surface area contributed by atoms with Gasteiger partial charge in [-0.05, 0) is 38.0 Å². The fourth-order valence-corrected chi connectivity index (χ4v) is 4.10. The van der Waals surface area contributed by atoms with Gasteiger partial charge in [-0.25, -0.2) is 4.98 Å². The van der Waals surface area contributed by atoms with E-state index in [-0.39, 0.29) is 5.91 Å². The van der Waals surface area contributed by atoms with Gasteiger partial charge in [0.1, 0.15) is 0 Å². The van der Waals surface area contributed by atoms with Gasteiger partial charge in [0.15, 0.2) is 17.1 Å². The molecule has 0 bridgehead atoms. The number of anilines is 1. The molecule has 0 atom stereocenters. The minimum Gasteiger partial charge on any atom is -0.448 e. The number of amides is 1. The van der Waals surface area contributed by atoms with Crippen molar-refractivity contribution in [3.8, 4) is 11.5 Å². The maximum atomic E-state index is 12.7. The molecule has 144 valence electrons. The summed E-state index contributed by atoms with van der Waals surface area (Å²) in [5.41, 5.74) is 2.77. The molecule has 1 amide bonds. The summed E-state index contributed by atoms with van der Waals surface area (Å²) in [7, 11) is 1.84. The van der Waals surface area contributed by atoms with Crippen molar-refractivity contribution >= 4 is 22.6 Å². The highest BCUT2D eigenvalue weighted by atomic mass is 16.7. The number of nitrogens with zero attached hydrogens (tertiary/aromatic N) is 3. The molecule has 1 fully saturated rings. The number of hydrogen-bond acceptors (Lipinski definition) is 5. The van der Waals surface area contributed by atoms with Crippen molar-refractivity contribution in [1.29, 1.82) is 0 Å². The van der Waals surface area contributed by atoms with Crippen molar-refractivity contribution in [2.45, 2.75) is 44.8 Å². The van der Waals surface area contributed by atoms with E-state index in [1.165, 1.54) is 6.42 Å². The molecule has 0 unspecified atom stereocenters. The lowest BCUT2D eigenvalue weighted by Crippen LogP contribution is -2.40. The van der Waals surface area contributed by atoms with Crippen LogP contribution in [-0.4, -0.2) is 26.5 Å². The molecule has 7 nitrogen and oxygen atoms in total. The number of rotatable bonds is 2. The average Bonchev–Trinajstić information content (AvgIpc) is 3.18. The van der Waals surface area contributed by atoms with Crippen LogP contribution in [0.5, 0.6) is 11.5 Å². The summed E-state index contributed by atoms with van der Waals surface area (Å²) in [4.78, 5) is 17.1. The number of ether oxygens (including phenoxy) is 2. The predicted molar refractivity (Wildman–Crippen MR) is 105 cm³/mol. The van der Waals surface area contributed by atoms with Gasteiger partial charge < -0.3 is 14.8 Å². The maximum Gasteiger partial charge on any atom is 0.257 e. The number of aryl methyl sites for hydroxylation is 2. The zero-order valence-corrected chi connectivity index (χ0v) is 16.0. The largest absolute Gasteiger partial charge is 0.448 e. The van der Waals surface area contributed by atoms with E-state index in [4.69, 9.17) is 9.47 Å². The number of carbonyl (C=O) groups is 1. The van der Waals surface area contributed by atoms with Crippen LogP contribution < -0.4 is 14.8 Å². The monoisotopic (exact) mass is 378 g/mol. The van der Waals surface area contributed by atoms with Crippen LogP contribution in [0.25, 0.3) is 11.0 Å². The Hall–Kier alpha value is -3.09. The molecule has 3 heterocycles. The molecule has 2 aromatic heterocycles. The van der Waals surface area contributed by atoms with Crippen LogP contribution in [-0.2, 0) is 7.05 Å². The van der Waals surface area contributed by atoms with Crippen molar-refractivity contribution in [3.63, 3.8) is 0 Å². The van der Waals surface area contributed by atoms with E-state index in [0.29, 0.717) is 17.0 Å². The molecular weight excluding hydrogens is 356 g/mol. The summed E-state index contributed by atoms with van der Waals surface area (Å²) in [6.45, 7) is 1.91. The zero-order valence-electron chi connectivity index (χ0n) is 16.0. The van der Waals surface area contributed by atoms with Crippen LogP contribution in [0.2, 0.25) is 0 Å². The maximum absolute atomic E-state index is 12.7. The SMILES string of the molecule is Cc1nn(C)c2ncc(C(=O)Nc3ccc4c(c3)OC3(CCCCC3)O4)cc12. The average molecular weight is 378 g/mol. The van der Waals surface area contributed by atoms with Crippen molar-refractivity contribution in [2.24, 2.45) is 7.05 Å². The van der Waals surface area contributed by atoms with Gasteiger partial charge in [-0.15, -0.1) is 0 Å². The van der Waals surface area contributed by atoms with Crippen molar-refractivity contribution in [3.05, 3.63) is 41.7 Å². The third-order valence-corrected chi connectivity index (χ3v) is 5.53. The standard InChI is InChI=1S/C21H22N4O3/c1-13-16-10-14(12-22-19(16)25(2)24-13)20(26)23-15-6-7-17-18(11-15)28-21(27-17)8-4-3-5-9-21/h6-7,10-12H,3-5,8-9H2,1-2H3,(H,23,26). The van der Waals surface area contributed by atoms with Crippen LogP contribution in [0.15, 0.2) is 30.5 Å². The highest BCUT2D eigenvalue weighted by Gasteiger charge is 2.42. The molecule has 1 aliphatic heterocycles. The number of aromatic nitrogens is 3. The van der Waals surface area contributed by atoms with Crippen LogP contribution in [0.4, 0.5) is 5.69 Å². The minimum atomic E-state index is -0.518. The highest BCUT2D eigenvalue weighted by molar-refractivity contribution is 6.05. The molecule has 0 radical (unpaired) electrons. The van der Waals surface area contributed by atoms with Gasteiger partial charge in [-0.3, -0.25) is 9.48 Å². The molecule has 7 heteroatoms. The number of benzene rings is 1. The van der Waals surface area contributed by atoms with E-state index in [1.54, 1.807) is 10.9 Å². The van der Waals surface area contributed by atoms with Gasteiger partial charge in [-0.1, -0.05) is 6.42 Å². The van der Waals surface area contributed by atoms with Crippen LogP contribution in [0, 0.1) is 6.92 Å². The number of nitrogens with one attached hydrogen (secondary N) is 1. The summed E-state index contributed by atoms with van der Waals surface area (Å²) in [6, 6.07) is 7.35. The lowest BCUT2D eigenvalue weighted by Gasteiger charge is -2.31. The van der Waals surface area contributed by atoms with Crippen molar-refractivity contribution in [1.82, 2.24) is 14.8 Å². The van der Waals surface area contributed by atoms with Gasteiger partial charge in [0.2, 0.25) is 0 Å². The zero-order chi connectivity index (χ0) is 19.3. The number of pyridine rings is 1. The van der Waals surface area contributed by atoms with Crippen LogP contribution >= 0.6 is 0 Å². The lowest BCUT2D eigenvalue weighted by atomic mass is 9.94. The highest BCUT2D eigenvalue weighted by Crippen LogP contribution is 2.46. The number of carbonyl (C=O) groups excluding carboxylic acids is 1. The normalized spacial score (nSPS) is 17.2. The molecule has 1 saturated carbocycles. The Morgan fingerprint density at radius 1 is 1.14 bits per heavy atom. The van der Waals surface area contributed by atoms with E-state index in [1.807, 2.05) is 38.2 Å². The summed E-state index contributed by atoms with van der Waals surface area (Å²) in [5, 5.41) is 8.15. The molecule has 0 saturated heterocycles. The second-order valence-corrected chi connectivity index (χ2v) is 7.60. The Balaban J connectivity index is 1.37. The first-order valence-electron chi connectivity index (χ1n) is 9.66. The van der Waals surface area contributed by atoms with E-state index >= 15 is 0 Å². The lowest BCUT2D eigenvalue weighted by molar-refractivity contribution is -0.105. The number of hydrogen-bond donors (Lipinski definition) is 1. The predicted octanol–water partition coefficient (Wildman–Crippen LogP) is 3.96. The molecule has 3 aromatic rings. The molecule has 2 aliphatic rings. The topological polar surface area (TPSA) is 78.3 Å². The van der Waals surface area contributed by atoms with Crippen molar-refractivity contribution in [2.75, 3.05) is 5.32 Å². The molecule has 1 aromatic carbocycles. The second-order valence-electron chi connectivity index (χ2n) is 7.60. The fourth-order valence-electron chi connectivity index (χ4n) is 4.10. The van der Waals surface area contributed by atoms with E-state index in [9.17, 15) is 4.79 Å². The molecule has 1 spiro atoms. The number of fused-ring (bicyclic) bond motifs is 2. The fraction of sp³-hybridized carbons (Fsp3) is 0.381. The summed E-state index contributed by atoms with van der Waals surface area (Å²) < 4.78 is 13.9. The third-order valence-electron chi connectivity index (χ3n) is 5.53. The van der Waals surface area contributed by atoms with Gasteiger partial charge in [-0.2, -0.15) is 5.10 Å². The van der Waals surface area contributed by atoms with Crippen LogP contribution in [0.1, 0.15) is 48.2 Å².